The molecular weight excluding hydrogens is 350 g/mol. The van der Waals surface area contributed by atoms with Crippen LogP contribution in [0.15, 0.2) is 42.5 Å². The number of nitrogens with one attached hydrogen (secondary N) is 1. The summed E-state index contributed by atoms with van der Waals surface area (Å²) in [6.45, 7) is 1.91. The van der Waals surface area contributed by atoms with E-state index in [1.165, 1.54) is 22.2 Å². The van der Waals surface area contributed by atoms with Crippen LogP contribution in [0.3, 0.4) is 0 Å². The fraction of sp³-hybridized carbons (Fsp3) is 0.250. The lowest BCUT2D eigenvalue weighted by molar-refractivity contribution is 0.0706. The lowest BCUT2D eigenvalue weighted by Crippen LogP contribution is -2.31. The smallest absolute Gasteiger partial charge is 0.274 e. The van der Waals surface area contributed by atoms with Crippen molar-refractivity contribution in [3.8, 4) is 0 Å². The Morgan fingerprint density at radius 2 is 2.00 bits per heavy atom. The molecule has 0 atom stereocenters. The molecule has 0 saturated carbocycles. The summed E-state index contributed by atoms with van der Waals surface area (Å²) in [5.74, 6) is -0.502. The quantitative estimate of drug-likeness (QED) is 0.549. The summed E-state index contributed by atoms with van der Waals surface area (Å²) in [4.78, 5) is 13.8. The SMILES string of the molecule is CN1CCc2c(Cc3ccc(C(=O)NO)cc3)c3cc(Cl)ccc3n2C1. The molecule has 2 aromatic carbocycles. The van der Waals surface area contributed by atoms with E-state index in [0.717, 1.165) is 36.6 Å². The lowest BCUT2D eigenvalue weighted by atomic mass is 9.99. The third kappa shape index (κ3) is 2.98. The average Bonchev–Trinajstić information content (AvgIpc) is 2.94. The highest BCUT2D eigenvalue weighted by Crippen LogP contribution is 2.33. The molecule has 5 nitrogen and oxygen atoms in total. The van der Waals surface area contributed by atoms with E-state index in [1.54, 1.807) is 17.6 Å². The Labute approximate surface area is 156 Å². The molecule has 0 aliphatic carbocycles. The molecule has 0 spiro atoms. The first-order chi connectivity index (χ1) is 12.6. The van der Waals surface area contributed by atoms with Crippen LogP contribution in [0.2, 0.25) is 5.02 Å². The Kier molecular flexibility index (Phi) is 4.44. The zero-order valence-electron chi connectivity index (χ0n) is 14.5. The van der Waals surface area contributed by atoms with Crippen LogP contribution in [-0.2, 0) is 19.5 Å². The van der Waals surface area contributed by atoms with Crippen molar-refractivity contribution in [1.82, 2.24) is 14.9 Å². The van der Waals surface area contributed by atoms with Crippen molar-refractivity contribution in [3.63, 3.8) is 0 Å². The van der Waals surface area contributed by atoms with Crippen LogP contribution in [0, 0.1) is 0 Å². The molecular formula is C20H20ClN3O2. The van der Waals surface area contributed by atoms with Gasteiger partial charge in [0, 0.05) is 40.1 Å². The first kappa shape index (κ1) is 17.1. The molecule has 1 aliphatic heterocycles. The van der Waals surface area contributed by atoms with E-state index < -0.39 is 5.91 Å². The minimum absolute atomic E-state index is 0.435. The molecule has 134 valence electrons. The lowest BCUT2D eigenvalue weighted by Gasteiger charge is -2.26. The molecule has 0 radical (unpaired) electrons. The highest BCUT2D eigenvalue weighted by atomic mass is 35.5. The van der Waals surface area contributed by atoms with E-state index in [-0.39, 0.29) is 0 Å². The van der Waals surface area contributed by atoms with Gasteiger partial charge in [-0.2, -0.15) is 0 Å². The van der Waals surface area contributed by atoms with Crippen molar-refractivity contribution >= 4 is 28.4 Å². The Balaban J connectivity index is 1.76. The molecule has 1 amide bonds. The first-order valence-electron chi connectivity index (χ1n) is 8.58. The molecule has 0 fully saturated rings. The van der Waals surface area contributed by atoms with E-state index in [4.69, 9.17) is 16.8 Å². The van der Waals surface area contributed by atoms with Crippen molar-refractivity contribution in [2.45, 2.75) is 19.5 Å². The van der Waals surface area contributed by atoms with Gasteiger partial charge in [0.25, 0.3) is 5.91 Å². The van der Waals surface area contributed by atoms with Crippen molar-refractivity contribution in [1.29, 1.82) is 0 Å². The van der Waals surface area contributed by atoms with Crippen molar-refractivity contribution in [3.05, 3.63) is 69.9 Å². The Morgan fingerprint density at radius 1 is 1.23 bits per heavy atom. The molecule has 3 aromatic rings. The minimum Gasteiger partial charge on any atom is -0.331 e. The van der Waals surface area contributed by atoms with Gasteiger partial charge in [-0.05, 0) is 54.9 Å². The third-order valence-corrected chi connectivity index (χ3v) is 5.30. The van der Waals surface area contributed by atoms with Crippen LogP contribution < -0.4 is 5.48 Å². The highest BCUT2D eigenvalue weighted by molar-refractivity contribution is 6.31. The number of hydrogen-bond donors (Lipinski definition) is 2. The maximum absolute atomic E-state index is 11.5. The van der Waals surface area contributed by atoms with Gasteiger partial charge in [0.15, 0.2) is 0 Å². The number of hydroxylamine groups is 1. The predicted octanol–water partition coefficient (Wildman–Crippen LogP) is 3.45. The number of carbonyl (C=O) groups is 1. The van der Waals surface area contributed by atoms with E-state index >= 15 is 0 Å². The van der Waals surface area contributed by atoms with E-state index in [0.29, 0.717) is 5.56 Å². The van der Waals surface area contributed by atoms with Crippen molar-refractivity contribution < 1.29 is 10.0 Å². The van der Waals surface area contributed by atoms with Crippen molar-refractivity contribution in [2.24, 2.45) is 0 Å². The predicted molar refractivity (Wildman–Crippen MR) is 102 cm³/mol. The minimum atomic E-state index is -0.502. The molecule has 26 heavy (non-hydrogen) atoms. The summed E-state index contributed by atoms with van der Waals surface area (Å²) in [5, 5.41) is 10.7. The molecule has 0 bridgehead atoms. The van der Waals surface area contributed by atoms with Crippen LogP contribution >= 0.6 is 11.6 Å². The fourth-order valence-corrected chi connectivity index (χ4v) is 3.92. The Morgan fingerprint density at radius 3 is 2.73 bits per heavy atom. The molecule has 0 unspecified atom stereocenters. The summed E-state index contributed by atoms with van der Waals surface area (Å²) in [6, 6.07) is 13.4. The number of nitrogens with zero attached hydrogens (tertiary/aromatic N) is 2. The zero-order valence-corrected chi connectivity index (χ0v) is 15.3. The van der Waals surface area contributed by atoms with Gasteiger partial charge in [-0.1, -0.05) is 23.7 Å². The maximum Gasteiger partial charge on any atom is 0.274 e. The second-order valence-electron chi connectivity index (χ2n) is 6.80. The van der Waals surface area contributed by atoms with Crippen molar-refractivity contribution in [2.75, 3.05) is 13.6 Å². The number of rotatable bonds is 3. The first-order valence-corrected chi connectivity index (χ1v) is 8.96. The van der Waals surface area contributed by atoms with E-state index in [2.05, 4.69) is 22.6 Å². The summed E-state index contributed by atoms with van der Waals surface area (Å²) < 4.78 is 2.37. The van der Waals surface area contributed by atoms with Crippen LogP contribution in [0.5, 0.6) is 0 Å². The highest BCUT2D eigenvalue weighted by Gasteiger charge is 2.22. The molecule has 1 aromatic heterocycles. The summed E-state index contributed by atoms with van der Waals surface area (Å²) in [5.41, 5.74) is 7.08. The molecule has 6 heteroatoms. The third-order valence-electron chi connectivity index (χ3n) is 5.06. The molecule has 4 rings (SSSR count). The average molecular weight is 370 g/mol. The monoisotopic (exact) mass is 369 g/mol. The van der Waals surface area contributed by atoms with Crippen LogP contribution in [0.4, 0.5) is 0 Å². The second kappa shape index (κ2) is 6.76. The number of aromatic nitrogens is 1. The van der Waals surface area contributed by atoms with Gasteiger partial charge < -0.3 is 4.57 Å². The number of halogens is 1. The number of fused-ring (bicyclic) bond motifs is 3. The Bertz CT molecular complexity index is 979. The van der Waals surface area contributed by atoms with Gasteiger partial charge in [0.05, 0.1) is 6.67 Å². The standard InChI is InChI=1S/C20H20ClN3O2/c1-23-9-8-19-16(10-13-2-4-14(5-3-13)20(25)22-26)17-11-15(21)6-7-18(17)24(19)12-23/h2-7,11,26H,8-10,12H2,1H3,(H,22,25). The van der Waals surface area contributed by atoms with E-state index in [9.17, 15) is 4.79 Å². The molecule has 0 saturated heterocycles. The topological polar surface area (TPSA) is 57.5 Å². The molecule has 1 aliphatic rings. The van der Waals surface area contributed by atoms with Crippen LogP contribution in [0.25, 0.3) is 10.9 Å². The van der Waals surface area contributed by atoms with E-state index in [1.807, 2.05) is 24.3 Å². The summed E-state index contributed by atoms with van der Waals surface area (Å²) in [6.07, 6.45) is 1.78. The number of hydrogen-bond acceptors (Lipinski definition) is 3. The number of carbonyl (C=O) groups excluding carboxylic acids is 1. The number of benzene rings is 2. The second-order valence-corrected chi connectivity index (χ2v) is 7.24. The molecule has 2 N–H and O–H groups in total. The van der Waals surface area contributed by atoms with Crippen LogP contribution in [0.1, 0.15) is 27.2 Å². The zero-order chi connectivity index (χ0) is 18.3. The van der Waals surface area contributed by atoms with Crippen LogP contribution in [-0.4, -0.2) is 34.2 Å². The Hall–Kier alpha value is -2.34. The summed E-state index contributed by atoms with van der Waals surface area (Å²) >= 11 is 6.27. The van der Waals surface area contributed by atoms with Gasteiger partial charge in [-0.15, -0.1) is 0 Å². The molecule has 2 heterocycles. The van der Waals surface area contributed by atoms with Gasteiger partial charge in [-0.25, -0.2) is 5.48 Å². The fourth-order valence-electron chi connectivity index (χ4n) is 3.75. The number of amides is 1. The van der Waals surface area contributed by atoms with Gasteiger partial charge in [-0.3, -0.25) is 14.9 Å². The van der Waals surface area contributed by atoms with Gasteiger partial charge in [0.1, 0.15) is 0 Å². The van der Waals surface area contributed by atoms with Gasteiger partial charge in [0.2, 0.25) is 0 Å². The largest absolute Gasteiger partial charge is 0.331 e. The summed E-state index contributed by atoms with van der Waals surface area (Å²) in [7, 11) is 2.13. The normalized spacial score (nSPS) is 14.4. The maximum atomic E-state index is 11.5. The van der Waals surface area contributed by atoms with Gasteiger partial charge >= 0.3 is 0 Å². The number of likely N-dealkylation sites (N-methyl/N-ethyl adjacent to an activating group) is 1.